The van der Waals surface area contributed by atoms with Crippen LogP contribution in [0.1, 0.15) is 30.9 Å². The average molecular weight is 224 g/mol. The quantitative estimate of drug-likeness (QED) is 0.775. The van der Waals surface area contributed by atoms with Crippen molar-refractivity contribution >= 4 is 5.97 Å². The molecule has 0 heterocycles. The third kappa shape index (κ3) is 3.90. The van der Waals surface area contributed by atoms with Crippen LogP contribution in [-0.2, 0) is 4.79 Å². The zero-order chi connectivity index (χ0) is 12.0. The molecule has 0 saturated carbocycles. The third-order valence-corrected chi connectivity index (χ3v) is 2.37. The van der Waals surface area contributed by atoms with E-state index in [2.05, 4.69) is 0 Å². The molecule has 1 aromatic carbocycles. The van der Waals surface area contributed by atoms with Gasteiger partial charge in [-0.3, -0.25) is 4.79 Å². The van der Waals surface area contributed by atoms with E-state index in [1.165, 1.54) is 0 Å². The smallest absolute Gasteiger partial charge is 0.303 e. The molecule has 4 heteroatoms. The summed E-state index contributed by atoms with van der Waals surface area (Å²) in [7, 11) is 1.58. The zero-order valence-electron chi connectivity index (χ0n) is 9.22. The lowest BCUT2D eigenvalue weighted by Gasteiger charge is -2.10. The van der Waals surface area contributed by atoms with Crippen molar-refractivity contribution in [2.45, 2.75) is 25.4 Å². The number of methoxy groups -OCH3 is 1. The Morgan fingerprint density at radius 1 is 1.38 bits per heavy atom. The molecule has 4 nitrogen and oxygen atoms in total. The lowest BCUT2D eigenvalue weighted by Crippen LogP contribution is -2.00. The lowest BCUT2D eigenvalue weighted by atomic mass is 10.0. The van der Waals surface area contributed by atoms with Crippen LogP contribution in [0.3, 0.4) is 0 Å². The van der Waals surface area contributed by atoms with Gasteiger partial charge in [-0.15, -0.1) is 0 Å². The SMILES string of the molecule is COc1ccc(C(O)CCCC(=O)O)cc1. The Bertz CT molecular complexity index is 331. The monoisotopic (exact) mass is 224 g/mol. The van der Waals surface area contributed by atoms with Gasteiger partial charge in [0, 0.05) is 6.42 Å². The van der Waals surface area contributed by atoms with Crippen molar-refractivity contribution < 1.29 is 19.7 Å². The number of ether oxygens (including phenoxy) is 1. The second kappa shape index (κ2) is 6.12. The Hall–Kier alpha value is -1.55. The molecule has 1 aromatic rings. The van der Waals surface area contributed by atoms with Gasteiger partial charge in [0.05, 0.1) is 13.2 Å². The summed E-state index contributed by atoms with van der Waals surface area (Å²) in [6.07, 6.45) is 0.416. The minimum Gasteiger partial charge on any atom is -0.497 e. The molecule has 0 aliphatic heterocycles. The first kappa shape index (κ1) is 12.5. The normalized spacial score (nSPS) is 12.1. The van der Waals surface area contributed by atoms with Crippen LogP contribution >= 0.6 is 0 Å². The zero-order valence-corrected chi connectivity index (χ0v) is 9.22. The fourth-order valence-corrected chi connectivity index (χ4v) is 1.44. The summed E-state index contributed by atoms with van der Waals surface area (Å²) >= 11 is 0. The van der Waals surface area contributed by atoms with Crippen LogP contribution in [0.4, 0.5) is 0 Å². The number of carboxylic acids is 1. The maximum Gasteiger partial charge on any atom is 0.303 e. The maximum absolute atomic E-state index is 10.3. The van der Waals surface area contributed by atoms with E-state index >= 15 is 0 Å². The lowest BCUT2D eigenvalue weighted by molar-refractivity contribution is -0.137. The molecule has 0 aliphatic rings. The van der Waals surface area contributed by atoms with E-state index < -0.39 is 12.1 Å². The Morgan fingerprint density at radius 2 is 2.00 bits per heavy atom. The van der Waals surface area contributed by atoms with E-state index in [9.17, 15) is 9.90 Å². The van der Waals surface area contributed by atoms with Crippen molar-refractivity contribution in [2.75, 3.05) is 7.11 Å². The van der Waals surface area contributed by atoms with Crippen LogP contribution in [0.5, 0.6) is 5.75 Å². The van der Waals surface area contributed by atoms with Crippen LogP contribution in [0, 0.1) is 0 Å². The highest BCUT2D eigenvalue weighted by Gasteiger charge is 2.08. The molecule has 88 valence electrons. The van der Waals surface area contributed by atoms with E-state index in [4.69, 9.17) is 9.84 Å². The van der Waals surface area contributed by atoms with Crippen molar-refractivity contribution in [3.63, 3.8) is 0 Å². The van der Waals surface area contributed by atoms with E-state index in [0.717, 1.165) is 11.3 Å². The standard InChI is InChI=1S/C12H16O4/c1-16-10-7-5-9(6-8-10)11(13)3-2-4-12(14)15/h5-8,11,13H,2-4H2,1H3,(H,14,15). The molecular formula is C12H16O4. The van der Waals surface area contributed by atoms with Crippen molar-refractivity contribution in [2.24, 2.45) is 0 Å². The molecule has 0 saturated heterocycles. The van der Waals surface area contributed by atoms with Crippen molar-refractivity contribution in [3.8, 4) is 5.75 Å². The summed E-state index contributed by atoms with van der Waals surface area (Å²) in [6.45, 7) is 0. The van der Waals surface area contributed by atoms with E-state index in [-0.39, 0.29) is 6.42 Å². The molecule has 1 rings (SSSR count). The molecule has 0 amide bonds. The fourth-order valence-electron chi connectivity index (χ4n) is 1.44. The van der Waals surface area contributed by atoms with Gasteiger partial charge >= 0.3 is 5.97 Å². The first-order valence-corrected chi connectivity index (χ1v) is 5.17. The van der Waals surface area contributed by atoms with Crippen molar-refractivity contribution in [1.82, 2.24) is 0 Å². The van der Waals surface area contributed by atoms with Gasteiger partial charge in [0.1, 0.15) is 5.75 Å². The first-order valence-electron chi connectivity index (χ1n) is 5.17. The Balaban J connectivity index is 2.45. The van der Waals surface area contributed by atoms with Gasteiger partial charge in [0.15, 0.2) is 0 Å². The van der Waals surface area contributed by atoms with Gasteiger partial charge in [-0.2, -0.15) is 0 Å². The van der Waals surface area contributed by atoms with E-state index in [0.29, 0.717) is 12.8 Å². The van der Waals surface area contributed by atoms with E-state index in [1.807, 2.05) is 0 Å². The minimum absolute atomic E-state index is 0.0905. The van der Waals surface area contributed by atoms with Gasteiger partial charge in [-0.05, 0) is 30.5 Å². The predicted octanol–water partition coefficient (Wildman–Crippen LogP) is 1.98. The summed E-state index contributed by atoms with van der Waals surface area (Å²) in [5, 5.41) is 18.2. The topological polar surface area (TPSA) is 66.8 Å². The van der Waals surface area contributed by atoms with Gasteiger partial charge in [0.2, 0.25) is 0 Å². The summed E-state index contributed by atoms with van der Waals surface area (Å²) in [6, 6.07) is 7.11. The molecular weight excluding hydrogens is 208 g/mol. The summed E-state index contributed by atoms with van der Waals surface area (Å²) < 4.78 is 5.00. The van der Waals surface area contributed by atoms with Gasteiger partial charge in [0.25, 0.3) is 0 Å². The number of rotatable bonds is 6. The molecule has 0 aromatic heterocycles. The Labute approximate surface area is 94.5 Å². The van der Waals surface area contributed by atoms with Gasteiger partial charge < -0.3 is 14.9 Å². The van der Waals surface area contributed by atoms with Crippen LogP contribution in [0.15, 0.2) is 24.3 Å². The van der Waals surface area contributed by atoms with Gasteiger partial charge in [-0.25, -0.2) is 0 Å². The summed E-state index contributed by atoms with van der Waals surface area (Å²) in [5.74, 6) is -0.0941. The van der Waals surface area contributed by atoms with Gasteiger partial charge in [-0.1, -0.05) is 12.1 Å². The predicted molar refractivity (Wildman–Crippen MR) is 59.4 cm³/mol. The molecule has 1 unspecified atom stereocenters. The van der Waals surface area contributed by atoms with E-state index in [1.54, 1.807) is 31.4 Å². The van der Waals surface area contributed by atoms with Crippen LogP contribution in [0.2, 0.25) is 0 Å². The highest BCUT2D eigenvalue weighted by Crippen LogP contribution is 2.21. The fraction of sp³-hybridized carbons (Fsp3) is 0.417. The summed E-state index contributed by atoms with van der Waals surface area (Å²) in [5.41, 5.74) is 0.784. The molecule has 16 heavy (non-hydrogen) atoms. The third-order valence-electron chi connectivity index (χ3n) is 2.37. The summed E-state index contributed by atoms with van der Waals surface area (Å²) in [4.78, 5) is 10.3. The number of carboxylic acid groups (broad SMARTS) is 1. The number of hydrogen-bond acceptors (Lipinski definition) is 3. The molecule has 0 fully saturated rings. The number of aliphatic hydroxyl groups excluding tert-OH is 1. The number of aliphatic carboxylic acids is 1. The number of hydrogen-bond donors (Lipinski definition) is 2. The Morgan fingerprint density at radius 3 is 2.50 bits per heavy atom. The molecule has 0 aliphatic carbocycles. The minimum atomic E-state index is -0.832. The van der Waals surface area contributed by atoms with Crippen LogP contribution < -0.4 is 4.74 Å². The average Bonchev–Trinajstić information content (AvgIpc) is 2.28. The highest BCUT2D eigenvalue weighted by atomic mass is 16.5. The molecule has 0 bridgehead atoms. The number of aliphatic hydroxyl groups is 1. The second-order valence-corrected chi connectivity index (χ2v) is 3.57. The number of benzene rings is 1. The second-order valence-electron chi connectivity index (χ2n) is 3.57. The van der Waals surface area contributed by atoms with Crippen molar-refractivity contribution in [3.05, 3.63) is 29.8 Å². The van der Waals surface area contributed by atoms with Crippen LogP contribution in [-0.4, -0.2) is 23.3 Å². The molecule has 0 radical (unpaired) electrons. The molecule has 1 atom stereocenters. The highest BCUT2D eigenvalue weighted by molar-refractivity contribution is 5.66. The maximum atomic E-state index is 10.3. The molecule has 2 N–H and O–H groups in total. The molecule has 0 spiro atoms. The first-order chi connectivity index (χ1) is 7.63. The number of carbonyl (C=O) groups is 1. The largest absolute Gasteiger partial charge is 0.497 e. The van der Waals surface area contributed by atoms with Crippen molar-refractivity contribution in [1.29, 1.82) is 0 Å². The Kier molecular flexibility index (Phi) is 4.79. The van der Waals surface area contributed by atoms with Crippen LogP contribution in [0.25, 0.3) is 0 Å².